The lowest BCUT2D eigenvalue weighted by Crippen LogP contribution is -2.37. The van der Waals surface area contributed by atoms with Gasteiger partial charge in [-0.3, -0.25) is 4.79 Å². The molecule has 2 heterocycles. The van der Waals surface area contributed by atoms with E-state index in [1.165, 1.54) is 21.5 Å². The summed E-state index contributed by atoms with van der Waals surface area (Å²) >= 11 is 1.72. The molecule has 1 saturated heterocycles. The summed E-state index contributed by atoms with van der Waals surface area (Å²) in [5.74, 6) is 1.13. The minimum absolute atomic E-state index is 0.0781. The van der Waals surface area contributed by atoms with Crippen molar-refractivity contribution in [1.82, 2.24) is 14.2 Å². The van der Waals surface area contributed by atoms with Gasteiger partial charge in [-0.25, -0.2) is 8.42 Å². The van der Waals surface area contributed by atoms with E-state index in [0.29, 0.717) is 13.1 Å². The summed E-state index contributed by atoms with van der Waals surface area (Å²) in [6.07, 6.45) is 1.34. The number of aromatic nitrogens is 1. The van der Waals surface area contributed by atoms with Gasteiger partial charge < -0.3 is 9.88 Å². The van der Waals surface area contributed by atoms with Crippen molar-refractivity contribution >= 4 is 27.7 Å². The Kier molecular flexibility index (Phi) is 6.21. The fraction of sp³-hybridized carbons (Fsp3) is 0.333. The van der Waals surface area contributed by atoms with Gasteiger partial charge in [0.05, 0.1) is 6.07 Å². The number of carbonyl (C=O) groups is 1. The zero-order valence-corrected chi connectivity index (χ0v) is 16.3. The van der Waals surface area contributed by atoms with Crippen molar-refractivity contribution in [3.8, 4) is 6.07 Å². The number of nitrogens with one attached hydrogen (secondary N) is 1. The lowest BCUT2D eigenvalue weighted by atomic mass is 10.2. The zero-order valence-electron chi connectivity index (χ0n) is 14.7. The van der Waals surface area contributed by atoms with Crippen LogP contribution < -0.4 is 0 Å². The highest BCUT2D eigenvalue weighted by Gasteiger charge is 2.28. The predicted molar refractivity (Wildman–Crippen MR) is 104 cm³/mol. The van der Waals surface area contributed by atoms with Gasteiger partial charge in [0.25, 0.3) is 5.91 Å². The Balaban J connectivity index is 1.79. The highest BCUT2D eigenvalue weighted by molar-refractivity contribution is 7.99. The van der Waals surface area contributed by atoms with E-state index in [2.05, 4.69) is 4.98 Å². The van der Waals surface area contributed by atoms with E-state index in [4.69, 9.17) is 5.26 Å². The molecule has 1 N–H and O–H groups in total. The van der Waals surface area contributed by atoms with E-state index in [9.17, 15) is 13.2 Å². The smallest absolute Gasteiger partial charge is 0.271 e. The summed E-state index contributed by atoms with van der Waals surface area (Å²) in [5, 5.41) is 9.06. The number of nitrogens with zero attached hydrogens (tertiary/aromatic N) is 3. The maximum absolute atomic E-state index is 12.8. The SMILES string of the molecule is N#CCN(Cc1ccccc1)C(=O)c1cc(S(=O)(=O)N2CCSCC2)c[nH]1. The summed E-state index contributed by atoms with van der Waals surface area (Å²) in [7, 11) is -3.62. The van der Waals surface area contributed by atoms with E-state index < -0.39 is 15.9 Å². The Hall–Kier alpha value is -2.28. The average molecular weight is 405 g/mol. The number of carbonyl (C=O) groups excluding carboxylic acids is 1. The molecule has 1 fully saturated rings. The number of aromatic amines is 1. The van der Waals surface area contributed by atoms with Crippen LogP contribution in [0.25, 0.3) is 0 Å². The Labute approximate surface area is 163 Å². The highest BCUT2D eigenvalue weighted by Crippen LogP contribution is 2.21. The maximum Gasteiger partial charge on any atom is 0.271 e. The van der Waals surface area contributed by atoms with Crippen LogP contribution in [0.4, 0.5) is 0 Å². The minimum atomic E-state index is -3.62. The molecule has 7 nitrogen and oxygen atoms in total. The summed E-state index contributed by atoms with van der Waals surface area (Å²) < 4.78 is 26.9. The average Bonchev–Trinajstić information content (AvgIpc) is 3.20. The molecule has 1 aliphatic heterocycles. The third-order valence-electron chi connectivity index (χ3n) is 4.26. The number of nitriles is 1. The van der Waals surface area contributed by atoms with Gasteiger partial charge in [0, 0.05) is 37.3 Å². The molecule has 0 bridgehead atoms. The highest BCUT2D eigenvalue weighted by atomic mass is 32.2. The van der Waals surface area contributed by atoms with E-state index in [-0.39, 0.29) is 23.7 Å². The molecule has 9 heteroatoms. The number of rotatable bonds is 6. The van der Waals surface area contributed by atoms with Crippen LogP contribution in [0.2, 0.25) is 0 Å². The van der Waals surface area contributed by atoms with E-state index in [0.717, 1.165) is 17.1 Å². The molecule has 27 heavy (non-hydrogen) atoms. The van der Waals surface area contributed by atoms with E-state index in [1.807, 2.05) is 36.4 Å². The number of hydrogen-bond donors (Lipinski definition) is 1. The van der Waals surface area contributed by atoms with Crippen LogP contribution in [0, 0.1) is 11.3 Å². The first-order chi connectivity index (χ1) is 13.0. The molecule has 0 unspecified atom stereocenters. The first kappa shape index (κ1) is 19.5. The van der Waals surface area contributed by atoms with Crippen molar-refractivity contribution in [2.75, 3.05) is 31.1 Å². The number of benzene rings is 1. The third kappa shape index (κ3) is 4.53. The molecule has 0 aliphatic carbocycles. The monoisotopic (exact) mass is 404 g/mol. The summed E-state index contributed by atoms with van der Waals surface area (Å²) in [4.78, 5) is 17.0. The van der Waals surface area contributed by atoms with Gasteiger partial charge in [0.15, 0.2) is 0 Å². The van der Waals surface area contributed by atoms with E-state index >= 15 is 0 Å². The first-order valence-corrected chi connectivity index (χ1v) is 11.1. The second kappa shape index (κ2) is 8.61. The van der Waals surface area contributed by atoms with Crippen molar-refractivity contribution < 1.29 is 13.2 Å². The van der Waals surface area contributed by atoms with Crippen LogP contribution in [-0.2, 0) is 16.6 Å². The van der Waals surface area contributed by atoms with Crippen LogP contribution in [0.1, 0.15) is 16.1 Å². The Bertz CT molecular complexity index is 929. The van der Waals surface area contributed by atoms with Crippen LogP contribution >= 0.6 is 11.8 Å². The molecule has 0 atom stereocenters. The molecule has 0 spiro atoms. The van der Waals surface area contributed by atoms with Crippen molar-refractivity contribution in [2.45, 2.75) is 11.4 Å². The van der Waals surface area contributed by atoms with Gasteiger partial charge in [0.2, 0.25) is 10.0 Å². The second-order valence-electron chi connectivity index (χ2n) is 6.07. The quantitative estimate of drug-likeness (QED) is 0.742. The third-order valence-corrected chi connectivity index (χ3v) is 7.08. The number of amides is 1. The lowest BCUT2D eigenvalue weighted by molar-refractivity contribution is 0.0759. The summed E-state index contributed by atoms with van der Waals surface area (Å²) in [6.45, 7) is 1.13. The molecule has 0 saturated carbocycles. The van der Waals surface area contributed by atoms with Crippen molar-refractivity contribution in [3.05, 3.63) is 53.9 Å². The van der Waals surface area contributed by atoms with Gasteiger partial charge in [-0.05, 0) is 11.6 Å². The molecular formula is C18H20N4O3S2. The normalized spacial score (nSPS) is 15.2. The first-order valence-electron chi connectivity index (χ1n) is 8.49. The van der Waals surface area contributed by atoms with Crippen molar-refractivity contribution in [3.63, 3.8) is 0 Å². The largest absolute Gasteiger partial charge is 0.356 e. The molecule has 3 rings (SSSR count). The lowest BCUT2D eigenvalue weighted by Gasteiger charge is -2.25. The van der Waals surface area contributed by atoms with Crippen molar-refractivity contribution in [1.29, 1.82) is 5.26 Å². The van der Waals surface area contributed by atoms with Gasteiger partial charge in [-0.1, -0.05) is 30.3 Å². The molecule has 2 aromatic rings. The predicted octanol–water partition coefficient (Wildman–Crippen LogP) is 1.92. The maximum atomic E-state index is 12.8. The Morgan fingerprint density at radius 3 is 2.63 bits per heavy atom. The number of thioether (sulfide) groups is 1. The molecular weight excluding hydrogens is 384 g/mol. The number of H-pyrrole nitrogens is 1. The van der Waals surface area contributed by atoms with Crippen molar-refractivity contribution in [2.24, 2.45) is 0 Å². The summed E-state index contributed by atoms with van der Waals surface area (Å²) in [5.41, 5.74) is 1.05. The summed E-state index contributed by atoms with van der Waals surface area (Å²) in [6, 6.07) is 12.7. The molecule has 142 valence electrons. The zero-order chi connectivity index (χ0) is 19.3. The molecule has 1 aliphatic rings. The van der Waals surface area contributed by atoms with Gasteiger partial charge in [-0.2, -0.15) is 21.3 Å². The van der Waals surface area contributed by atoms with Crippen LogP contribution in [-0.4, -0.2) is 59.7 Å². The fourth-order valence-electron chi connectivity index (χ4n) is 2.84. The molecule has 0 radical (unpaired) electrons. The van der Waals surface area contributed by atoms with Crippen LogP contribution in [0.15, 0.2) is 47.5 Å². The Morgan fingerprint density at radius 2 is 1.96 bits per heavy atom. The number of hydrogen-bond acceptors (Lipinski definition) is 5. The van der Waals surface area contributed by atoms with Gasteiger partial charge in [0.1, 0.15) is 17.1 Å². The second-order valence-corrected chi connectivity index (χ2v) is 9.23. The standard InChI is InChI=1S/C18H20N4O3S2/c19-6-7-21(14-15-4-2-1-3-5-15)18(23)17-12-16(13-20-17)27(24,25)22-8-10-26-11-9-22/h1-5,12-13,20H,7-11,14H2. The van der Waals surface area contributed by atoms with E-state index in [1.54, 1.807) is 11.8 Å². The Morgan fingerprint density at radius 1 is 1.26 bits per heavy atom. The van der Waals surface area contributed by atoms with Crippen LogP contribution in [0.3, 0.4) is 0 Å². The van der Waals surface area contributed by atoms with Crippen LogP contribution in [0.5, 0.6) is 0 Å². The fourth-order valence-corrected chi connectivity index (χ4v) is 5.41. The molecule has 1 amide bonds. The molecule has 1 aromatic heterocycles. The topological polar surface area (TPSA) is 97.3 Å². The van der Waals surface area contributed by atoms with Gasteiger partial charge >= 0.3 is 0 Å². The number of sulfonamides is 1. The molecule has 1 aromatic carbocycles. The minimum Gasteiger partial charge on any atom is -0.356 e. The van der Waals surface area contributed by atoms with Gasteiger partial charge in [-0.15, -0.1) is 0 Å².